The number of hydrogen-bond donors (Lipinski definition) is 1. The van der Waals surface area contributed by atoms with Crippen molar-refractivity contribution in [3.05, 3.63) is 34.9 Å². The first kappa shape index (κ1) is 12.0. The third-order valence-corrected chi connectivity index (χ3v) is 4.57. The quantitative estimate of drug-likeness (QED) is 0.892. The summed E-state index contributed by atoms with van der Waals surface area (Å²) in [6.45, 7) is 0. The lowest BCUT2D eigenvalue weighted by Gasteiger charge is -2.22. The number of halogens is 1. The van der Waals surface area contributed by atoms with E-state index in [1.54, 1.807) is 0 Å². The summed E-state index contributed by atoms with van der Waals surface area (Å²) in [6.07, 6.45) is 5.61. The molecule has 1 aromatic rings. The number of amides is 1. The molecule has 0 unspecified atom stereocenters. The lowest BCUT2D eigenvalue weighted by Crippen LogP contribution is -2.39. The van der Waals surface area contributed by atoms with E-state index in [4.69, 9.17) is 11.6 Å². The highest BCUT2D eigenvalue weighted by molar-refractivity contribution is 6.30. The summed E-state index contributed by atoms with van der Waals surface area (Å²) in [4.78, 5) is 12.0. The van der Waals surface area contributed by atoms with Crippen molar-refractivity contribution in [1.82, 2.24) is 5.32 Å². The van der Waals surface area contributed by atoms with E-state index in [2.05, 4.69) is 5.32 Å². The van der Waals surface area contributed by atoms with Crippen LogP contribution in [0, 0.1) is 11.8 Å². The van der Waals surface area contributed by atoms with Crippen molar-refractivity contribution in [2.45, 2.75) is 38.1 Å². The Labute approximate surface area is 113 Å². The molecule has 3 heteroatoms. The van der Waals surface area contributed by atoms with Crippen LogP contribution in [0.3, 0.4) is 0 Å². The Kier molecular flexibility index (Phi) is 3.29. The van der Waals surface area contributed by atoms with E-state index in [1.165, 1.54) is 25.7 Å². The van der Waals surface area contributed by atoms with Gasteiger partial charge < -0.3 is 5.32 Å². The minimum Gasteiger partial charge on any atom is -0.353 e. The van der Waals surface area contributed by atoms with Crippen molar-refractivity contribution in [2.24, 2.45) is 11.8 Å². The summed E-state index contributed by atoms with van der Waals surface area (Å²) in [7, 11) is 0. The van der Waals surface area contributed by atoms with Gasteiger partial charge in [0.05, 0.1) is 6.42 Å². The van der Waals surface area contributed by atoms with E-state index in [0.717, 1.165) is 17.4 Å². The number of nitrogens with one attached hydrogen (secondary N) is 1. The molecule has 2 aliphatic carbocycles. The van der Waals surface area contributed by atoms with Gasteiger partial charge in [0.1, 0.15) is 0 Å². The maximum atomic E-state index is 12.0. The van der Waals surface area contributed by atoms with E-state index < -0.39 is 0 Å². The SMILES string of the molecule is O=C(Cc1cccc(Cl)c1)N[C@H]1C[C@H]2CC[C@@H]1C2. The van der Waals surface area contributed by atoms with Crippen molar-refractivity contribution >= 4 is 17.5 Å². The fourth-order valence-corrected chi connectivity index (χ4v) is 3.72. The standard InChI is InChI=1S/C15H18ClNO/c16-13-3-1-2-10(7-13)9-15(18)17-14-8-11-4-5-12(14)6-11/h1-3,7,11-12,14H,4-6,8-9H2,(H,17,18)/t11-,12+,14-/m0/s1. The molecule has 2 fully saturated rings. The molecule has 0 heterocycles. The van der Waals surface area contributed by atoms with Crippen molar-refractivity contribution in [1.29, 1.82) is 0 Å². The van der Waals surface area contributed by atoms with Crippen LogP contribution in [-0.2, 0) is 11.2 Å². The Morgan fingerprint density at radius 2 is 2.22 bits per heavy atom. The molecule has 0 radical (unpaired) electrons. The fourth-order valence-electron chi connectivity index (χ4n) is 3.51. The summed E-state index contributed by atoms with van der Waals surface area (Å²) < 4.78 is 0. The lowest BCUT2D eigenvalue weighted by atomic mass is 9.95. The van der Waals surface area contributed by atoms with Crippen molar-refractivity contribution < 1.29 is 4.79 Å². The van der Waals surface area contributed by atoms with Crippen LogP contribution >= 0.6 is 11.6 Å². The smallest absolute Gasteiger partial charge is 0.224 e. The van der Waals surface area contributed by atoms with Gasteiger partial charge in [-0.15, -0.1) is 0 Å². The molecule has 2 aliphatic rings. The van der Waals surface area contributed by atoms with Gasteiger partial charge >= 0.3 is 0 Å². The molecule has 1 amide bonds. The molecule has 2 nitrogen and oxygen atoms in total. The monoisotopic (exact) mass is 263 g/mol. The predicted molar refractivity (Wildman–Crippen MR) is 72.5 cm³/mol. The van der Waals surface area contributed by atoms with Gasteiger partial charge in [-0.2, -0.15) is 0 Å². The van der Waals surface area contributed by atoms with Gasteiger partial charge in [-0.05, 0) is 48.8 Å². The Morgan fingerprint density at radius 3 is 2.89 bits per heavy atom. The third-order valence-electron chi connectivity index (χ3n) is 4.34. The molecule has 96 valence electrons. The first-order chi connectivity index (χ1) is 8.70. The Hall–Kier alpha value is -1.02. The molecule has 1 aromatic carbocycles. The maximum absolute atomic E-state index is 12.0. The minimum absolute atomic E-state index is 0.134. The zero-order chi connectivity index (χ0) is 12.5. The van der Waals surface area contributed by atoms with E-state index >= 15 is 0 Å². The van der Waals surface area contributed by atoms with Gasteiger partial charge in [-0.1, -0.05) is 30.2 Å². The third kappa shape index (κ3) is 2.54. The second kappa shape index (κ2) is 4.93. The number of hydrogen-bond acceptors (Lipinski definition) is 1. The summed E-state index contributed by atoms with van der Waals surface area (Å²) in [5.74, 6) is 1.74. The Balaban J connectivity index is 1.56. The van der Waals surface area contributed by atoms with Crippen molar-refractivity contribution in [3.63, 3.8) is 0 Å². The highest BCUT2D eigenvalue weighted by Gasteiger charge is 2.39. The molecular formula is C15H18ClNO. The van der Waals surface area contributed by atoms with Gasteiger partial charge in [-0.3, -0.25) is 4.79 Å². The van der Waals surface area contributed by atoms with Crippen LogP contribution in [0.4, 0.5) is 0 Å². The largest absolute Gasteiger partial charge is 0.353 e. The van der Waals surface area contributed by atoms with Gasteiger partial charge in [0.2, 0.25) is 5.91 Å². The molecule has 0 aromatic heterocycles. The van der Waals surface area contributed by atoms with Gasteiger partial charge in [0, 0.05) is 11.1 Å². The highest BCUT2D eigenvalue weighted by Crippen LogP contribution is 2.44. The molecule has 18 heavy (non-hydrogen) atoms. The summed E-state index contributed by atoms with van der Waals surface area (Å²) in [5, 5.41) is 3.89. The van der Waals surface area contributed by atoms with E-state index in [-0.39, 0.29) is 5.91 Å². The van der Waals surface area contributed by atoms with Gasteiger partial charge in [-0.25, -0.2) is 0 Å². The average molecular weight is 264 g/mol. The molecule has 0 saturated heterocycles. The highest BCUT2D eigenvalue weighted by atomic mass is 35.5. The second-order valence-electron chi connectivity index (χ2n) is 5.66. The molecule has 3 atom stereocenters. The van der Waals surface area contributed by atoms with Gasteiger partial charge in [0.25, 0.3) is 0 Å². The van der Waals surface area contributed by atoms with Crippen LogP contribution < -0.4 is 5.32 Å². The predicted octanol–water partition coefficient (Wildman–Crippen LogP) is 3.19. The first-order valence-electron chi connectivity index (χ1n) is 6.74. The zero-order valence-electron chi connectivity index (χ0n) is 10.4. The van der Waals surface area contributed by atoms with Crippen LogP contribution in [0.1, 0.15) is 31.2 Å². The molecule has 3 rings (SSSR count). The fraction of sp³-hybridized carbons (Fsp3) is 0.533. The van der Waals surface area contributed by atoms with Crippen LogP contribution in [0.2, 0.25) is 5.02 Å². The Bertz CT molecular complexity index is 460. The molecule has 1 N–H and O–H groups in total. The van der Waals surface area contributed by atoms with Crippen LogP contribution in [-0.4, -0.2) is 11.9 Å². The van der Waals surface area contributed by atoms with Crippen molar-refractivity contribution in [2.75, 3.05) is 0 Å². The van der Waals surface area contributed by atoms with E-state index in [1.807, 2.05) is 24.3 Å². The summed E-state index contributed by atoms with van der Waals surface area (Å²) in [6, 6.07) is 7.96. The number of carbonyl (C=O) groups is 1. The maximum Gasteiger partial charge on any atom is 0.224 e. The van der Waals surface area contributed by atoms with Crippen LogP contribution in [0.15, 0.2) is 24.3 Å². The van der Waals surface area contributed by atoms with E-state index in [9.17, 15) is 4.79 Å². The molecule has 2 saturated carbocycles. The lowest BCUT2D eigenvalue weighted by molar-refractivity contribution is -0.121. The molecule has 2 bridgehead atoms. The number of rotatable bonds is 3. The number of carbonyl (C=O) groups excluding carboxylic acids is 1. The molecule has 0 aliphatic heterocycles. The summed E-state index contributed by atoms with van der Waals surface area (Å²) >= 11 is 5.92. The van der Waals surface area contributed by atoms with E-state index in [0.29, 0.717) is 17.5 Å². The van der Waals surface area contributed by atoms with Crippen LogP contribution in [0.5, 0.6) is 0 Å². The molecular weight excluding hydrogens is 246 g/mol. The van der Waals surface area contributed by atoms with Crippen LogP contribution in [0.25, 0.3) is 0 Å². The average Bonchev–Trinajstić information content (AvgIpc) is 2.90. The Morgan fingerprint density at radius 1 is 1.33 bits per heavy atom. The first-order valence-corrected chi connectivity index (χ1v) is 7.12. The normalized spacial score (nSPS) is 29.5. The minimum atomic E-state index is 0.134. The number of fused-ring (bicyclic) bond motifs is 2. The topological polar surface area (TPSA) is 29.1 Å². The molecule has 0 spiro atoms. The summed E-state index contributed by atoms with van der Waals surface area (Å²) in [5.41, 5.74) is 0.989. The number of benzene rings is 1. The van der Waals surface area contributed by atoms with Crippen molar-refractivity contribution in [3.8, 4) is 0 Å². The second-order valence-corrected chi connectivity index (χ2v) is 6.09. The zero-order valence-corrected chi connectivity index (χ0v) is 11.1. The van der Waals surface area contributed by atoms with Gasteiger partial charge in [0.15, 0.2) is 0 Å².